The largest absolute Gasteiger partial charge is 0.461 e. The van der Waals surface area contributed by atoms with Crippen LogP contribution in [-0.2, 0) is 4.74 Å². The number of halogens is 3. The highest BCUT2D eigenvalue weighted by molar-refractivity contribution is 7.15. The first-order chi connectivity index (χ1) is 9.92. The van der Waals surface area contributed by atoms with Gasteiger partial charge in [0.15, 0.2) is 22.5 Å². The van der Waals surface area contributed by atoms with Gasteiger partial charge in [-0.2, -0.15) is 0 Å². The van der Waals surface area contributed by atoms with Gasteiger partial charge in [-0.25, -0.2) is 22.9 Å². The van der Waals surface area contributed by atoms with E-state index in [1.54, 1.807) is 13.8 Å². The van der Waals surface area contributed by atoms with Crippen molar-refractivity contribution in [1.82, 2.24) is 4.98 Å². The van der Waals surface area contributed by atoms with Gasteiger partial charge in [-0.3, -0.25) is 0 Å². The summed E-state index contributed by atoms with van der Waals surface area (Å²) in [6, 6.07) is 1.12. The highest BCUT2D eigenvalue weighted by atomic mass is 32.1. The zero-order chi connectivity index (χ0) is 15.6. The molecule has 0 fully saturated rings. The van der Waals surface area contributed by atoms with Crippen molar-refractivity contribution in [3.63, 3.8) is 0 Å². The minimum atomic E-state index is -1.28. The smallest absolute Gasteiger partial charge is 0.358 e. The second kappa shape index (κ2) is 6.13. The van der Waals surface area contributed by atoms with E-state index in [0.29, 0.717) is 17.0 Å². The van der Waals surface area contributed by atoms with Crippen LogP contribution in [0.3, 0.4) is 0 Å². The Morgan fingerprint density at radius 2 is 1.95 bits per heavy atom. The summed E-state index contributed by atoms with van der Waals surface area (Å²) in [4.78, 5) is 16.1. The van der Waals surface area contributed by atoms with Crippen LogP contribution in [0.5, 0.6) is 0 Å². The number of carbonyl (C=O) groups is 1. The van der Waals surface area contributed by atoms with Crippen LogP contribution in [0.1, 0.15) is 22.3 Å². The summed E-state index contributed by atoms with van der Waals surface area (Å²) in [5.74, 6) is -4.01. The normalized spacial score (nSPS) is 10.5. The maximum Gasteiger partial charge on any atom is 0.358 e. The molecular formula is C13H11F3N2O2S. The number of carbonyl (C=O) groups excluding carboxylic acids is 1. The van der Waals surface area contributed by atoms with E-state index >= 15 is 0 Å². The molecule has 2 rings (SSSR count). The van der Waals surface area contributed by atoms with E-state index in [0.717, 1.165) is 11.3 Å². The Morgan fingerprint density at radius 3 is 2.62 bits per heavy atom. The van der Waals surface area contributed by atoms with Crippen LogP contribution in [-0.4, -0.2) is 17.6 Å². The summed E-state index contributed by atoms with van der Waals surface area (Å²) in [5, 5.41) is 2.70. The van der Waals surface area contributed by atoms with Gasteiger partial charge in [0.25, 0.3) is 0 Å². The molecule has 1 N–H and O–H groups in total. The van der Waals surface area contributed by atoms with E-state index in [1.165, 1.54) is 0 Å². The molecule has 0 spiro atoms. The van der Waals surface area contributed by atoms with Crippen LogP contribution >= 0.6 is 11.3 Å². The fraction of sp³-hybridized carbons (Fsp3) is 0.231. The first kappa shape index (κ1) is 15.3. The fourth-order valence-corrected chi connectivity index (χ4v) is 2.39. The van der Waals surface area contributed by atoms with Crippen molar-refractivity contribution >= 4 is 28.1 Å². The topological polar surface area (TPSA) is 51.2 Å². The van der Waals surface area contributed by atoms with E-state index < -0.39 is 23.4 Å². The van der Waals surface area contributed by atoms with Gasteiger partial charge in [-0.1, -0.05) is 0 Å². The van der Waals surface area contributed by atoms with Gasteiger partial charge >= 0.3 is 5.97 Å². The fourth-order valence-electron chi connectivity index (χ4n) is 1.57. The van der Waals surface area contributed by atoms with Crippen molar-refractivity contribution in [3.8, 4) is 0 Å². The molecule has 0 unspecified atom stereocenters. The lowest BCUT2D eigenvalue weighted by Gasteiger charge is -2.04. The van der Waals surface area contributed by atoms with Crippen molar-refractivity contribution in [2.45, 2.75) is 13.8 Å². The number of hydrogen-bond acceptors (Lipinski definition) is 5. The second-order valence-corrected chi connectivity index (χ2v) is 5.22. The number of esters is 1. The molecule has 0 aliphatic rings. The highest BCUT2D eigenvalue weighted by Crippen LogP contribution is 2.28. The Labute approximate surface area is 122 Å². The summed E-state index contributed by atoms with van der Waals surface area (Å²) in [7, 11) is 0. The van der Waals surface area contributed by atoms with E-state index in [4.69, 9.17) is 4.74 Å². The first-order valence-corrected chi connectivity index (χ1v) is 6.80. The SMILES string of the molecule is CCOC(=O)c1nc(Nc2cc(F)c(F)cc2F)sc1C. The summed E-state index contributed by atoms with van der Waals surface area (Å²) in [6.45, 7) is 3.52. The number of anilines is 2. The second-order valence-electron chi connectivity index (χ2n) is 4.02. The number of benzene rings is 1. The summed E-state index contributed by atoms with van der Waals surface area (Å²) in [6.07, 6.45) is 0. The average Bonchev–Trinajstić information content (AvgIpc) is 2.77. The molecular weight excluding hydrogens is 305 g/mol. The van der Waals surface area contributed by atoms with Crippen LogP contribution in [0, 0.1) is 24.4 Å². The maximum atomic E-state index is 13.5. The van der Waals surface area contributed by atoms with Crippen LogP contribution in [0.15, 0.2) is 12.1 Å². The van der Waals surface area contributed by atoms with Gasteiger partial charge in [-0.05, 0) is 13.8 Å². The summed E-state index contributed by atoms with van der Waals surface area (Å²) >= 11 is 1.08. The predicted molar refractivity (Wildman–Crippen MR) is 72.4 cm³/mol. The number of aromatic nitrogens is 1. The van der Waals surface area contributed by atoms with Gasteiger partial charge in [0.05, 0.1) is 12.3 Å². The zero-order valence-corrected chi connectivity index (χ0v) is 12.0. The third-order valence-electron chi connectivity index (χ3n) is 2.52. The number of rotatable bonds is 4. The quantitative estimate of drug-likeness (QED) is 0.689. The molecule has 0 bridgehead atoms. The minimum Gasteiger partial charge on any atom is -0.461 e. The van der Waals surface area contributed by atoms with Crippen molar-refractivity contribution in [1.29, 1.82) is 0 Å². The van der Waals surface area contributed by atoms with Gasteiger partial charge in [0.1, 0.15) is 5.82 Å². The number of hydrogen-bond donors (Lipinski definition) is 1. The molecule has 1 aromatic carbocycles. The molecule has 0 amide bonds. The van der Waals surface area contributed by atoms with E-state index in [1.807, 2.05) is 0 Å². The molecule has 0 aliphatic carbocycles. The minimum absolute atomic E-state index is 0.104. The van der Waals surface area contributed by atoms with Crippen molar-refractivity contribution in [3.05, 3.63) is 40.2 Å². The molecule has 0 radical (unpaired) electrons. The molecule has 8 heteroatoms. The molecule has 1 aromatic heterocycles. The van der Waals surface area contributed by atoms with E-state index in [9.17, 15) is 18.0 Å². The summed E-state index contributed by atoms with van der Waals surface area (Å²) < 4.78 is 44.3. The first-order valence-electron chi connectivity index (χ1n) is 5.98. The monoisotopic (exact) mass is 316 g/mol. The number of aryl methyl sites for hydroxylation is 1. The Balaban J connectivity index is 2.27. The van der Waals surface area contributed by atoms with E-state index in [2.05, 4.69) is 10.3 Å². The molecule has 4 nitrogen and oxygen atoms in total. The van der Waals surface area contributed by atoms with Crippen LogP contribution in [0.25, 0.3) is 0 Å². The summed E-state index contributed by atoms with van der Waals surface area (Å²) in [5.41, 5.74) is -0.162. The third-order valence-corrected chi connectivity index (χ3v) is 3.40. The van der Waals surface area contributed by atoms with Crippen molar-refractivity contribution in [2.75, 3.05) is 11.9 Å². The van der Waals surface area contributed by atoms with Crippen molar-refractivity contribution in [2.24, 2.45) is 0 Å². The molecule has 112 valence electrons. The van der Waals surface area contributed by atoms with Crippen molar-refractivity contribution < 1.29 is 22.7 Å². The zero-order valence-electron chi connectivity index (χ0n) is 11.2. The Morgan fingerprint density at radius 1 is 1.29 bits per heavy atom. The Hall–Kier alpha value is -2.09. The van der Waals surface area contributed by atoms with Crippen LogP contribution in [0.2, 0.25) is 0 Å². The predicted octanol–water partition coefficient (Wildman–Crippen LogP) is 3.79. The number of ether oxygens (including phenoxy) is 1. The molecule has 2 aromatic rings. The van der Waals surface area contributed by atoms with E-state index in [-0.39, 0.29) is 23.1 Å². The average molecular weight is 316 g/mol. The van der Waals surface area contributed by atoms with Gasteiger partial charge in [0, 0.05) is 17.0 Å². The number of thiazole rings is 1. The molecule has 0 atom stereocenters. The lowest BCUT2D eigenvalue weighted by atomic mass is 10.3. The Bertz CT molecular complexity index is 688. The van der Waals surface area contributed by atoms with Gasteiger partial charge in [0.2, 0.25) is 0 Å². The van der Waals surface area contributed by atoms with Gasteiger partial charge in [-0.15, -0.1) is 11.3 Å². The number of nitrogens with zero attached hydrogens (tertiary/aromatic N) is 1. The third kappa shape index (κ3) is 3.33. The van der Waals surface area contributed by atoms with Crippen LogP contribution < -0.4 is 5.32 Å². The lowest BCUT2D eigenvalue weighted by Crippen LogP contribution is -2.06. The molecule has 0 saturated heterocycles. The Kier molecular flexibility index (Phi) is 4.46. The lowest BCUT2D eigenvalue weighted by molar-refractivity contribution is 0.0519. The van der Waals surface area contributed by atoms with Gasteiger partial charge < -0.3 is 10.1 Å². The molecule has 21 heavy (non-hydrogen) atoms. The molecule has 1 heterocycles. The number of nitrogens with one attached hydrogen (secondary N) is 1. The maximum absolute atomic E-state index is 13.5. The standard InChI is InChI=1S/C13H11F3N2O2S/c1-3-20-12(19)11-6(2)21-13(18-11)17-10-5-8(15)7(14)4-9(10)16/h4-5H,3H2,1-2H3,(H,17,18). The highest BCUT2D eigenvalue weighted by Gasteiger charge is 2.18. The van der Waals surface area contributed by atoms with Crippen LogP contribution in [0.4, 0.5) is 24.0 Å². The molecule has 0 aliphatic heterocycles. The molecule has 0 saturated carbocycles.